The van der Waals surface area contributed by atoms with Gasteiger partial charge in [0.2, 0.25) is 10.4 Å². The van der Waals surface area contributed by atoms with Crippen LogP contribution in [0.3, 0.4) is 0 Å². The minimum absolute atomic E-state index is 0. The van der Waals surface area contributed by atoms with Crippen molar-refractivity contribution in [3.05, 3.63) is 29.8 Å². The van der Waals surface area contributed by atoms with Crippen molar-refractivity contribution >= 4 is 22.4 Å². The van der Waals surface area contributed by atoms with Gasteiger partial charge >= 0.3 is 29.6 Å². The van der Waals surface area contributed by atoms with Crippen LogP contribution >= 0.6 is 12.0 Å². The molecule has 0 heterocycles. The van der Waals surface area contributed by atoms with E-state index in [-0.39, 0.29) is 29.6 Å². The largest absolute Gasteiger partial charge is 1.00 e. The maximum Gasteiger partial charge on any atom is 1.00 e. The molecule has 72 valence electrons. The second kappa shape index (κ2) is 6.12. The van der Waals surface area contributed by atoms with Crippen LogP contribution in [0.25, 0.3) is 0 Å². The summed E-state index contributed by atoms with van der Waals surface area (Å²) in [6.45, 7) is 1.90. The van der Waals surface area contributed by atoms with Crippen LogP contribution in [-0.2, 0) is 14.0 Å². The van der Waals surface area contributed by atoms with E-state index in [2.05, 4.69) is 3.63 Å². The molecule has 0 aliphatic carbocycles. The number of benzene rings is 1. The van der Waals surface area contributed by atoms with E-state index in [0.717, 1.165) is 5.56 Å². The fourth-order valence-electron chi connectivity index (χ4n) is 0.675. The van der Waals surface area contributed by atoms with Crippen LogP contribution < -0.4 is 29.6 Å². The van der Waals surface area contributed by atoms with E-state index in [1.807, 2.05) is 6.92 Å². The van der Waals surface area contributed by atoms with Crippen molar-refractivity contribution in [1.29, 1.82) is 0 Å². The Morgan fingerprint density at radius 2 is 1.79 bits per heavy atom. The molecule has 0 spiro atoms. The van der Waals surface area contributed by atoms with Gasteiger partial charge < -0.3 is 4.55 Å². The van der Waals surface area contributed by atoms with Crippen LogP contribution in [-0.4, -0.2) is 13.0 Å². The average molecular weight is 242 g/mol. The summed E-state index contributed by atoms with van der Waals surface area (Å²) in [7, 11) is -4.62. The second-order valence-electron chi connectivity index (χ2n) is 2.37. The van der Waals surface area contributed by atoms with Gasteiger partial charge in [0.05, 0.1) is 0 Å². The molecule has 1 aromatic carbocycles. The average Bonchev–Trinajstić information content (AvgIpc) is 2.02. The van der Waals surface area contributed by atoms with E-state index < -0.39 is 10.4 Å². The summed E-state index contributed by atoms with van der Waals surface area (Å²) in [5.74, 6) is 0. The predicted molar refractivity (Wildman–Crippen MR) is 47.8 cm³/mol. The van der Waals surface area contributed by atoms with E-state index in [9.17, 15) is 13.0 Å². The van der Waals surface area contributed by atoms with Crippen LogP contribution in [0.2, 0.25) is 0 Å². The van der Waals surface area contributed by atoms with E-state index in [0.29, 0.717) is 16.9 Å². The van der Waals surface area contributed by atoms with E-state index in [4.69, 9.17) is 0 Å². The maximum absolute atomic E-state index is 10.1. The Bertz CT molecular complexity index is 373. The van der Waals surface area contributed by atoms with E-state index in [1.54, 1.807) is 24.3 Å². The third-order valence-electron chi connectivity index (χ3n) is 1.23. The third-order valence-corrected chi connectivity index (χ3v) is 2.64. The summed E-state index contributed by atoms with van der Waals surface area (Å²) in [6.07, 6.45) is 0. The standard InChI is InChI=1S/C7H8O4S2.Na/c1-6-2-4-7(5-3-6)12-11-13(8,9)10;/h2-5H,1H3,(H,8,9,10);/q;+1/p-1. The number of rotatable bonds is 3. The van der Waals surface area contributed by atoms with Gasteiger partial charge in [0.15, 0.2) is 0 Å². The number of hydrogen-bond acceptors (Lipinski definition) is 5. The Hall–Kier alpha value is 0.440. The Balaban J connectivity index is 0.00000169. The van der Waals surface area contributed by atoms with Gasteiger partial charge in [-0.25, -0.2) is 12.0 Å². The van der Waals surface area contributed by atoms with Crippen molar-refractivity contribution in [2.75, 3.05) is 0 Å². The molecule has 0 saturated carbocycles. The molecule has 7 heteroatoms. The van der Waals surface area contributed by atoms with Crippen molar-refractivity contribution < 1.29 is 46.2 Å². The molecule has 0 bridgehead atoms. The molecule has 0 N–H and O–H groups in total. The Morgan fingerprint density at radius 3 is 2.21 bits per heavy atom. The topological polar surface area (TPSA) is 66.4 Å². The summed E-state index contributed by atoms with van der Waals surface area (Å²) >= 11 is 0.536. The summed E-state index contributed by atoms with van der Waals surface area (Å²) in [6, 6.07) is 6.93. The first-order chi connectivity index (χ1) is 5.97. The normalized spacial score (nSPS) is 10.7. The number of hydrogen-bond donors (Lipinski definition) is 0. The Labute approximate surface area is 109 Å². The summed E-state index contributed by atoms with van der Waals surface area (Å²) < 4.78 is 34.2. The second-order valence-corrected chi connectivity index (χ2v) is 4.37. The van der Waals surface area contributed by atoms with Gasteiger partial charge in [-0.05, 0) is 19.1 Å². The molecule has 0 aliphatic heterocycles. The summed E-state index contributed by atoms with van der Waals surface area (Å²) in [5.41, 5.74) is 1.05. The van der Waals surface area contributed by atoms with Crippen LogP contribution in [0.15, 0.2) is 29.2 Å². The molecule has 0 fully saturated rings. The van der Waals surface area contributed by atoms with Gasteiger partial charge in [-0.2, -0.15) is 0 Å². The SMILES string of the molecule is Cc1ccc(SOS(=O)(=O)[O-])cc1.[Na+]. The van der Waals surface area contributed by atoms with Crippen LogP contribution in [0.5, 0.6) is 0 Å². The summed E-state index contributed by atoms with van der Waals surface area (Å²) in [4.78, 5) is 0.574. The van der Waals surface area contributed by atoms with E-state index in [1.165, 1.54) is 0 Å². The Morgan fingerprint density at radius 1 is 1.29 bits per heavy atom. The molecule has 0 radical (unpaired) electrons. The van der Waals surface area contributed by atoms with Crippen molar-refractivity contribution in [2.24, 2.45) is 0 Å². The minimum atomic E-state index is -4.62. The quantitative estimate of drug-likeness (QED) is 0.279. The zero-order valence-electron chi connectivity index (χ0n) is 7.76. The molecule has 0 aliphatic rings. The first-order valence-electron chi connectivity index (χ1n) is 3.36. The van der Waals surface area contributed by atoms with Gasteiger partial charge in [-0.15, -0.1) is 0 Å². The van der Waals surface area contributed by atoms with Crippen molar-refractivity contribution in [3.63, 3.8) is 0 Å². The van der Waals surface area contributed by atoms with Gasteiger partial charge in [0.25, 0.3) is 0 Å². The molecule has 0 unspecified atom stereocenters. The van der Waals surface area contributed by atoms with Crippen LogP contribution in [0.4, 0.5) is 0 Å². The predicted octanol–water partition coefficient (Wildman–Crippen LogP) is -1.52. The molecule has 1 rings (SSSR count). The van der Waals surface area contributed by atoms with E-state index >= 15 is 0 Å². The molecule has 14 heavy (non-hydrogen) atoms. The molecule has 4 nitrogen and oxygen atoms in total. The molecule has 0 atom stereocenters. The van der Waals surface area contributed by atoms with Gasteiger partial charge in [-0.1, -0.05) is 17.7 Å². The molecule has 0 aromatic heterocycles. The van der Waals surface area contributed by atoms with Crippen LogP contribution in [0.1, 0.15) is 5.56 Å². The maximum atomic E-state index is 10.1. The minimum Gasteiger partial charge on any atom is -0.725 e. The van der Waals surface area contributed by atoms with Crippen molar-refractivity contribution in [1.82, 2.24) is 0 Å². The van der Waals surface area contributed by atoms with Crippen molar-refractivity contribution in [3.8, 4) is 0 Å². The fourth-order valence-corrected chi connectivity index (χ4v) is 1.57. The summed E-state index contributed by atoms with van der Waals surface area (Å²) in [5, 5.41) is 0. The van der Waals surface area contributed by atoms with Gasteiger partial charge in [0.1, 0.15) is 0 Å². The molecule has 0 saturated heterocycles. The fraction of sp³-hybridized carbons (Fsp3) is 0.143. The molecule has 1 aromatic rings. The monoisotopic (exact) mass is 242 g/mol. The molecule has 0 amide bonds. The molecular weight excluding hydrogens is 235 g/mol. The number of aryl methyl sites for hydroxylation is 1. The van der Waals surface area contributed by atoms with Gasteiger partial charge in [-0.3, -0.25) is 0 Å². The Kier molecular flexibility index (Phi) is 6.31. The molecular formula is C7H7NaO4S2. The smallest absolute Gasteiger partial charge is 0.725 e. The first kappa shape index (κ1) is 14.4. The van der Waals surface area contributed by atoms with Gasteiger partial charge in [0, 0.05) is 16.9 Å². The first-order valence-corrected chi connectivity index (χ1v) is 5.43. The third kappa shape index (κ3) is 6.02. The van der Waals surface area contributed by atoms with Crippen molar-refractivity contribution in [2.45, 2.75) is 11.8 Å². The zero-order chi connectivity index (χ0) is 9.90. The van der Waals surface area contributed by atoms with Crippen LogP contribution in [0, 0.1) is 6.92 Å². The zero-order valence-corrected chi connectivity index (χ0v) is 11.4.